The third-order valence-electron chi connectivity index (χ3n) is 10.1. The third-order valence-corrected chi connectivity index (χ3v) is 10.1. The van der Waals surface area contributed by atoms with Crippen LogP contribution in [0.15, 0.2) is 35.1 Å². The number of likely N-dealkylation sites (N-methyl/N-ethyl adjacent to an activating group) is 1. The van der Waals surface area contributed by atoms with E-state index in [4.69, 9.17) is 4.74 Å². The van der Waals surface area contributed by atoms with Crippen molar-refractivity contribution in [2.45, 2.75) is 71.4 Å². The Bertz CT molecular complexity index is 1230. The van der Waals surface area contributed by atoms with Gasteiger partial charge < -0.3 is 19.1 Å². The molecule has 40 heavy (non-hydrogen) atoms. The number of para-hydroxylation sites is 1. The lowest BCUT2D eigenvalue weighted by atomic mass is 9.69. The van der Waals surface area contributed by atoms with Gasteiger partial charge in [0.1, 0.15) is 0 Å². The fourth-order valence-electron chi connectivity index (χ4n) is 7.43. The molecule has 5 rings (SSSR count). The lowest BCUT2D eigenvalue weighted by Gasteiger charge is -2.51. The molecule has 1 aromatic carbocycles. The fraction of sp³-hybridized carbons (Fsp3) is 0.697. The summed E-state index contributed by atoms with van der Waals surface area (Å²) >= 11 is 0. The van der Waals surface area contributed by atoms with Crippen LogP contribution in [-0.4, -0.2) is 83.7 Å². The maximum Gasteiger partial charge on any atom is 0.255 e. The zero-order valence-electron chi connectivity index (χ0n) is 25.5. The highest BCUT2D eigenvalue weighted by Gasteiger charge is 2.43. The van der Waals surface area contributed by atoms with E-state index in [2.05, 4.69) is 48.6 Å². The number of ether oxygens (including phenoxy) is 1. The average Bonchev–Trinajstić information content (AvgIpc) is 2.95. The van der Waals surface area contributed by atoms with Crippen LogP contribution in [0.25, 0.3) is 10.9 Å². The Morgan fingerprint density at radius 1 is 1.05 bits per heavy atom. The van der Waals surface area contributed by atoms with Crippen LogP contribution >= 0.6 is 0 Å². The Morgan fingerprint density at radius 2 is 1.75 bits per heavy atom. The number of nitrogens with zero attached hydrogens (tertiary/aromatic N) is 4. The van der Waals surface area contributed by atoms with E-state index in [1.54, 1.807) is 4.57 Å². The van der Waals surface area contributed by atoms with Crippen LogP contribution in [0.4, 0.5) is 0 Å². The van der Waals surface area contributed by atoms with Gasteiger partial charge in [-0.15, -0.1) is 0 Å². The van der Waals surface area contributed by atoms with Crippen molar-refractivity contribution >= 4 is 16.8 Å². The molecule has 0 N–H and O–H groups in total. The molecule has 2 aliphatic heterocycles. The van der Waals surface area contributed by atoms with Gasteiger partial charge in [-0.2, -0.15) is 0 Å². The first-order chi connectivity index (χ1) is 19.1. The minimum Gasteiger partial charge on any atom is -0.379 e. The second kappa shape index (κ2) is 11.9. The normalized spacial score (nSPS) is 27.1. The zero-order valence-corrected chi connectivity index (χ0v) is 25.5. The van der Waals surface area contributed by atoms with Crippen molar-refractivity contribution in [2.24, 2.45) is 24.3 Å². The highest BCUT2D eigenvalue weighted by Crippen LogP contribution is 2.41. The first kappa shape index (κ1) is 29.3. The number of carbonyl (C=O) groups is 1. The number of amides is 1. The van der Waals surface area contributed by atoms with Gasteiger partial charge in [-0.3, -0.25) is 14.5 Å². The largest absolute Gasteiger partial charge is 0.379 e. The van der Waals surface area contributed by atoms with E-state index in [-0.39, 0.29) is 28.3 Å². The molecule has 0 bridgehead atoms. The van der Waals surface area contributed by atoms with Crippen LogP contribution in [0.3, 0.4) is 0 Å². The van der Waals surface area contributed by atoms with Crippen molar-refractivity contribution in [3.05, 3.63) is 46.2 Å². The second-order valence-electron chi connectivity index (χ2n) is 13.9. The number of pyridine rings is 1. The molecule has 3 heterocycles. The van der Waals surface area contributed by atoms with E-state index < -0.39 is 0 Å². The highest BCUT2D eigenvalue weighted by molar-refractivity contribution is 5.81. The molecule has 2 saturated heterocycles. The predicted molar refractivity (Wildman–Crippen MR) is 161 cm³/mol. The highest BCUT2D eigenvalue weighted by atomic mass is 16.5. The van der Waals surface area contributed by atoms with Crippen LogP contribution in [-0.2, 0) is 23.1 Å². The van der Waals surface area contributed by atoms with Gasteiger partial charge in [0.15, 0.2) is 0 Å². The Balaban J connectivity index is 1.46. The number of hydrogen-bond acceptors (Lipinski definition) is 5. The minimum atomic E-state index is -0.208. The molecule has 0 spiro atoms. The van der Waals surface area contributed by atoms with Crippen molar-refractivity contribution in [2.75, 3.05) is 53.0 Å². The summed E-state index contributed by atoms with van der Waals surface area (Å²) in [6.07, 6.45) is 6.09. The van der Waals surface area contributed by atoms with Gasteiger partial charge in [0.2, 0.25) is 5.91 Å². The number of rotatable bonds is 6. The van der Waals surface area contributed by atoms with Crippen molar-refractivity contribution in [1.82, 2.24) is 19.3 Å². The molecule has 7 nitrogen and oxygen atoms in total. The van der Waals surface area contributed by atoms with Gasteiger partial charge in [-0.1, -0.05) is 39.0 Å². The summed E-state index contributed by atoms with van der Waals surface area (Å²) in [4.78, 5) is 35.0. The first-order valence-corrected chi connectivity index (χ1v) is 15.5. The Labute approximate surface area is 240 Å². The fourth-order valence-corrected chi connectivity index (χ4v) is 7.43. The number of carbonyl (C=O) groups excluding carboxylic acids is 1. The number of fused-ring (bicyclic) bond motifs is 1. The number of aromatic nitrogens is 1. The van der Waals surface area contributed by atoms with Gasteiger partial charge in [0, 0.05) is 57.9 Å². The molecule has 1 saturated carbocycles. The molecule has 1 aromatic heterocycles. The van der Waals surface area contributed by atoms with Crippen molar-refractivity contribution in [3.8, 4) is 0 Å². The monoisotopic (exact) mass is 550 g/mol. The third kappa shape index (κ3) is 6.17. The smallest absolute Gasteiger partial charge is 0.255 e. The lowest BCUT2D eigenvalue weighted by molar-refractivity contribution is -0.144. The molecule has 1 atom stereocenters. The lowest BCUT2D eigenvalue weighted by Crippen LogP contribution is -2.64. The van der Waals surface area contributed by atoms with Crippen molar-refractivity contribution in [1.29, 1.82) is 0 Å². The van der Waals surface area contributed by atoms with Gasteiger partial charge in [-0.25, -0.2) is 0 Å². The molecule has 1 unspecified atom stereocenters. The number of aryl methyl sites for hydroxylation is 1. The van der Waals surface area contributed by atoms with E-state index in [1.165, 1.54) is 0 Å². The van der Waals surface area contributed by atoms with Gasteiger partial charge in [0.25, 0.3) is 5.56 Å². The van der Waals surface area contributed by atoms with Gasteiger partial charge >= 0.3 is 0 Å². The van der Waals surface area contributed by atoms with E-state index in [0.717, 1.165) is 82.2 Å². The van der Waals surface area contributed by atoms with Crippen LogP contribution in [0, 0.1) is 17.3 Å². The molecule has 3 aliphatic rings. The van der Waals surface area contributed by atoms with Gasteiger partial charge in [-0.05, 0) is 74.4 Å². The summed E-state index contributed by atoms with van der Waals surface area (Å²) < 4.78 is 7.87. The summed E-state index contributed by atoms with van der Waals surface area (Å²) in [5.41, 5.74) is 1.67. The molecule has 2 aromatic rings. The zero-order chi connectivity index (χ0) is 28.5. The van der Waals surface area contributed by atoms with Crippen molar-refractivity contribution < 1.29 is 9.53 Å². The second-order valence-corrected chi connectivity index (χ2v) is 13.9. The standard InChI is InChI=1S/C33H50N4O3/c1-32(2,3)28-13-11-25(12-14-28)31(39)36(22-27-21-26-9-6-7-10-29(26)35(5)30(27)38)23-33(15-8-20-40-24-33)37-18-16-34(4)17-19-37/h6-7,9-10,21,25,28H,8,11-20,22-24H2,1-5H3. The Hall–Kier alpha value is -2.22. The molecule has 0 radical (unpaired) electrons. The molecular weight excluding hydrogens is 500 g/mol. The van der Waals surface area contributed by atoms with Crippen molar-refractivity contribution in [3.63, 3.8) is 0 Å². The topological polar surface area (TPSA) is 58.0 Å². The quantitative estimate of drug-likeness (QED) is 0.530. The summed E-state index contributed by atoms with van der Waals surface area (Å²) in [6, 6.07) is 10.0. The van der Waals surface area contributed by atoms with Crippen LogP contribution < -0.4 is 5.56 Å². The predicted octanol–water partition coefficient (Wildman–Crippen LogP) is 4.52. The molecule has 220 valence electrons. The Morgan fingerprint density at radius 3 is 2.40 bits per heavy atom. The first-order valence-electron chi connectivity index (χ1n) is 15.5. The summed E-state index contributed by atoms with van der Waals surface area (Å²) in [7, 11) is 4.02. The van der Waals surface area contributed by atoms with E-state index in [0.29, 0.717) is 31.2 Å². The Kier molecular flexibility index (Phi) is 8.74. The number of hydrogen-bond donors (Lipinski definition) is 0. The van der Waals surface area contributed by atoms with Crippen LogP contribution in [0.2, 0.25) is 0 Å². The number of benzene rings is 1. The molecule has 1 amide bonds. The maximum absolute atomic E-state index is 14.4. The van der Waals surface area contributed by atoms with E-state index >= 15 is 0 Å². The molecule has 1 aliphatic carbocycles. The van der Waals surface area contributed by atoms with Crippen LogP contribution in [0.1, 0.15) is 64.9 Å². The average molecular weight is 551 g/mol. The number of piperazine rings is 1. The van der Waals surface area contributed by atoms with E-state index in [9.17, 15) is 9.59 Å². The molecule has 3 fully saturated rings. The van der Waals surface area contributed by atoms with Crippen LogP contribution in [0.5, 0.6) is 0 Å². The summed E-state index contributed by atoms with van der Waals surface area (Å²) in [6.45, 7) is 13.4. The van der Waals surface area contributed by atoms with E-state index in [1.807, 2.05) is 31.3 Å². The minimum absolute atomic E-state index is 0.0125. The van der Waals surface area contributed by atoms with Gasteiger partial charge in [0.05, 0.1) is 24.2 Å². The SMILES string of the molecule is CN1CCN(C2(CN(Cc3cc4ccccc4n(C)c3=O)C(=O)C3CCC(C(C)(C)C)CC3)CCCOC2)CC1. The maximum atomic E-state index is 14.4. The molecular formula is C33H50N4O3. The summed E-state index contributed by atoms with van der Waals surface area (Å²) in [5, 5.41) is 1.03. The summed E-state index contributed by atoms with van der Waals surface area (Å²) in [5.74, 6) is 0.903. The molecule has 7 heteroatoms.